The van der Waals surface area contributed by atoms with E-state index >= 15 is 0 Å². The van der Waals surface area contributed by atoms with Crippen LogP contribution in [0.25, 0.3) is 0 Å². The Kier molecular flexibility index (Phi) is 8.83. The van der Waals surface area contributed by atoms with Crippen molar-refractivity contribution in [3.8, 4) is 5.75 Å². The lowest BCUT2D eigenvalue weighted by Gasteiger charge is -2.55. The average Bonchev–Trinajstić information content (AvgIpc) is 3.28. The molecule has 0 radical (unpaired) electrons. The van der Waals surface area contributed by atoms with Crippen molar-refractivity contribution in [3.05, 3.63) is 96.1 Å². The van der Waals surface area contributed by atoms with E-state index in [1.54, 1.807) is 26.2 Å². The van der Waals surface area contributed by atoms with Crippen molar-refractivity contribution in [1.29, 1.82) is 0 Å². The summed E-state index contributed by atoms with van der Waals surface area (Å²) in [6.07, 6.45) is -0.665. The molecule has 8 nitrogen and oxygen atoms in total. The van der Waals surface area contributed by atoms with Crippen LogP contribution in [0, 0.1) is 0 Å². The summed E-state index contributed by atoms with van der Waals surface area (Å²) in [7, 11) is 4.91. The minimum absolute atomic E-state index is 0.00561. The van der Waals surface area contributed by atoms with Crippen LogP contribution in [0.2, 0.25) is 0 Å². The molecule has 2 aliphatic rings. The molecule has 0 saturated carbocycles. The number of carbonyl (C=O) groups is 1. The number of benzene rings is 3. The van der Waals surface area contributed by atoms with Gasteiger partial charge in [0.2, 0.25) is 5.91 Å². The van der Waals surface area contributed by atoms with Gasteiger partial charge in [0.15, 0.2) is 5.79 Å². The largest absolute Gasteiger partial charge is 0.497 e. The summed E-state index contributed by atoms with van der Waals surface area (Å²) in [6, 6.07) is 27.0. The van der Waals surface area contributed by atoms with Crippen LogP contribution in [0.15, 0.2) is 84.9 Å². The Morgan fingerprint density at radius 3 is 1.73 bits per heavy atom. The number of hydrogen-bond acceptors (Lipinski definition) is 7. The first kappa shape index (κ1) is 28.3. The van der Waals surface area contributed by atoms with Crippen LogP contribution >= 0.6 is 0 Å². The van der Waals surface area contributed by atoms with Crippen LogP contribution in [-0.2, 0) is 36.8 Å². The third-order valence-corrected chi connectivity index (χ3v) is 7.65. The highest BCUT2D eigenvalue weighted by Crippen LogP contribution is 2.45. The number of ether oxygens (including phenoxy) is 5. The summed E-state index contributed by atoms with van der Waals surface area (Å²) in [5.74, 6) is -0.385. The molecule has 2 aliphatic heterocycles. The van der Waals surface area contributed by atoms with Crippen LogP contribution < -0.4 is 9.64 Å². The zero-order chi connectivity index (χ0) is 28.1. The maximum Gasteiger partial charge on any atom is 0.247 e. The second-order valence-electron chi connectivity index (χ2n) is 10.4. The number of nitrogens with zero attached hydrogens (tertiary/aromatic N) is 2. The maximum atomic E-state index is 14.2. The Bertz CT molecular complexity index is 1180. The highest BCUT2D eigenvalue weighted by Gasteiger charge is 2.64. The number of rotatable bonds is 12. The first-order valence-electron chi connectivity index (χ1n) is 13.6. The molecule has 2 saturated heterocycles. The summed E-state index contributed by atoms with van der Waals surface area (Å²) in [5.41, 5.74) is 3.01. The first-order chi connectivity index (χ1) is 19.5. The average molecular weight is 547 g/mol. The Labute approximate surface area is 236 Å². The Morgan fingerprint density at radius 1 is 0.775 bits per heavy atom. The minimum atomic E-state index is -1.10. The van der Waals surface area contributed by atoms with Gasteiger partial charge in [0.05, 0.1) is 20.3 Å². The van der Waals surface area contributed by atoms with Crippen LogP contribution in [-0.4, -0.2) is 75.4 Å². The SMILES string of the molecule is COC[C@@H]1OC(C)([C@@H]2[C@@H](N(Cc3ccccc3)Cc3ccccc3)C(=O)N2c2ccc(OC)cc2)O[C@H]1COC. The zero-order valence-corrected chi connectivity index (χ0v) is 23.6. The molecule has 0 unspecified atom stereocenters. The molecule has 5 rings (SSSR count). The molecule has 2 heterocycles. The highest BCUT2D eigenvalue weighted by molar-refractivity contribution is 6.06. The quantitative estimate of drug-likeness (QED) is 0.314. The zero-order valence-electron chi connectivity index (χ0n) is 23.6. The van der Waals surface area contributed by atoms with Crippen LogP contribution in [0.4, 0.5) is 5.69 Å². The lowest BCUT2D eigenvalue weighted by Crippen LogP contribution is -2.77. The monoisotopic (exact) mass is 546 g/mol. The molecule has 0 bridgehead atoms. The summed E-state index contributed by atoms with van der Waals surface area (Å²) < 4.78 is 29.5. The minimum Gasteiger partial charge on any atom is -0.497 e. The standard InChI is InChI=1S/C32H38N2O6/c1-32(39-27(21-36-2)28(40-32)22-37-3)30-29(31(35)34(30)25-15-17-26(38-4)18-16-25)33(19-23-11-7-5-8-12-23)20-24-13-9-6-10-14-24/h5-18,27-30H,19-22H2,1-4H3/t27-,28-,29+,30-/m0/s1. The van der Waals surface area contributed by atoms with E-state index in [1.165, 1.54) is 0 Å². The van der Waals surface area contributed by atoms with E-state index in [4.69, 9.17) is 23.7 Å². The number of hydrogen-bond donors (Lipinski definition) is 0. The fourth-order valence-electron chi connectivity index (χ4n) is 5.80. The van der Waals surface area contributed by atoms with E-state index in [0.29, 0.717) is 26.3 Å². The molecule has 1 amide bonds. The normalized spacial score (nSPS) is 23.8. The number of methoxy groups -OCH3 is 3. The predicted molar refractivity (Wildman–Crippen MR) is 152 cm³/mol. The third kappa shape index (κ3) is 5.77. The summed E-state index contributed by atoms with van der Waals surface area (Å²) >= 11 is 0. The van der Waals surface area contributed by atoms with Gasteiger partial charge in [-0.15, -0.1) is 0 Å². The van der Waals surface area contributed by atoms with Gasteiger partial charge in [-0.1, -0.05) is 60.7 Å². The number of anilines is 1. The first-order valence-corrected chi connectivity index (χ1v) is 13.6. The topological polar surface area (TPSA) is 69.7 Å². The lowest BCUT2D eigenvalue weighted by molar-refractivity contribution is -0.207. The van der Waals surface area contributed by atoms with Gasteiger partial charge in [-0.3, -0.25) is 9.69 Å². The molecule has 212 valence electrons. The van der Waals surface area contributed by atoms with Gasteiger partial charge in [0.1, 0.15) is 30.0 Å². The van der Waals surface area contributed by atoms with Crippen molar-refractivity contribution in [1.82, 2.24) is 4.90 Å². The lowest BCUT2D eigenvalue weighted by atomic mass is 9.85. The van der Waals surface area contributed by atoms with Gasteiger partial charge in [0.25, 0.3) is 0 Å². The van der Waals surface area contributed by atoms with Crippen molar-refractivity contribution in [2.24, 2.45) is 0 Å². The molecule has 3 aromatic rings. The second-order valence-corrected chi connectivity index (χ2v) is 10.4. The molecule has 0 aromatic heterocycles. The summed E-state index contributed by atoms with van der Waals surface area (Å²) in [6.45, 7) is 3.83. The summed E-state index contributed by atoms with van der Waals surface area (Å²) in [5, 5.41) is 0. The molecule has 0 aliphatic carbocycles. The number of β-lactam (4-membered cyclic amide) rings is 1. The Hall–Kier alpha value is -3.27. The molecular weight excluding hydrogens is 508 g/mol. The number of carbonyl (C=O) groups excluding carboxylic acids is 1. The van der Waals surface area contributed by atoms with Gasteiger partial charge in [0, 0.05) is 33.0 Å². The molecule has 0 spiro atoms. The van der Waals surface area contributed by atoms with E-state index < -0.39 is 17.9 Å². The molecule has 3 aromatic carbocycles. The van der Waals surface area contributed by atoms with Crippen LogP contribution in [0.3, 0.4) is 0 Å². The van der Waals surface area contributed by atoms with Crippen molar-refractivity contribution in [3.63, 3.8) is 0 Å². The fourth-order valence-corrected chi connectivity index (χ4v) is 5.80. The van der Waals surface area contributed by atoms with Crippen molar-refractivity contribution in [2.75, 3.05) is 39.4 Å². The van der Waals surface area contributed by atoms with Crippen molar-refractivity contribution < 1.29 is 28.5 Å². The fraction of sp³-hybridized carbons (Fsp3) is 0.406. The molecule has 2 fully saturated rings. The summed E-state index contributed by atoms with van der Waals surface area (Å²) in [4.78, 5) is 18.2. The van der Waals surface area contributed by atoms with Crippen molar-refractivity contribution >= 4 is 11.6 Å². The molecule has 8 heteroatoms. The smallest absolute Gasteiger partial charge is 0.247 e. The molecule has 40 heavy (non-hydrogen) atoms. The van der Waals surface area contributed by atoms with E-state index in [-0.39, 0.29) is 18.1 Å². The molecule has 0 N–H and O–H groups in total. The van der Waals surface area contributed by atoms with Gasteiger partial charge in [-0.25, -0.2) is 0 Å². The Morgan fingerprint density at radius 2 is 1.27 bits per heavy atom. The predicted octanol–water partition coefficient (Wildman–Crippen LogP) is 4.27. The van der Waals surface area contributed by atoms with Crippen LogP contribution in [0.1, 0.15) is 18.1 Å². The van der Waals surface area contributed by atoms with E-state index in [9.17, 15) is 4.79 Å². The third-order valence-electron chi connectivity index (χ3n) is 7.65. The van der Waals surface area contributed by atoms with Gasteiger partial charge in [-0.2, -0.15) is 0 Å². The van der Waals surface area contributed by atoms with Gasteiger partial charge in [-0.05, 0) is 42.3 Å². The van der Waals surface area contributed by atoms with Gasteiger partial charge < -0.3 is 28.6 Å². The van der Waals surface area contributed by atoms with E-state index in [2.05, 4.69) is 29.2 Å². The number of amides is 1. The van der Waals surface area contributed by atoms with Gasteiger partial charge >= 0.3 is 0 Å². The second kappa shape index (κ2) is 12.5. The Balaban J connectivity index is 1.54. The van der Waals surface area contributed by atoms with E-state index in [0.717, 1.165) is 22.6 Å². The molecule has 4 atom stereocenters. The van der Waals surface area contributed by atoms with Crippen molar-refractivity contribution in [2.45, 2.75) is 50.1 Å². The highest BCUT2D eigenvalue weighted by atomic mass is 16.8. The van der Waals surface area contributed by atoms with E-state index in [1.807, 2.05) is 67.6 Å². The molecular formula is C32H38N2O6. The van der Waals surface area contributed by atoms with Crippen LogP contribution in [0.5, 0.6) is 5.75 Å². The maximum absolute atomic E-state index is 14.2.